The molecule has 0 fully saturated rings. The molecule has 0 spiro atoms. The van der Waals surface area contributed by atoms with Gasteiger partial charge in [0.1, 0.15) is 5.82 Å². The number of rotatable bonds is 6. The molecule has 0 saturated carbocycles. The molecule has 0 atom stereocenters. The van der Waals surface area contributed by atoms with Crippen molar-refractivity contribution in [2.75, 3.05) is 23.3 Å². The molecule has 0 aliphatic carbocycles. The smallest absolute Gasteiger partial charge is 0.128 e. The van der Waals surface area contributed by atoms with E-state index in [1.807, 2.05) is 6.92 Å². The van der Waals surface area contributed by atoms with E-state index in [2.05, 4.69) is 60.8 Å². The lowest BCUT2D eigenvalue weighted by Crippen LogP contribution is -2.27. The van der Waals surface area contributed by atoms with Crippen LogP contribution in [0.4, 0.5) is 5.82 Å². The van der Waals surface area contributed by atoms with Crippen LogP contribution in [0.3, 0.4) is 0 Å². The second-order valence-corrected chi connectivity index (χ2v) is 5.41. The maximum absolute atomic E-state index is 4.60. The molecule has 2 nitrogen and oxygen atoms in total. The molecule has 0 unspecified atom stereocenters. The Hall–Kier alpha value is -0.0900. The third-order valence-corrected chi connectivity index (χ3v) is 3.66. The number of anilines is 1. The first kappa shape index (κ1) is 14.0. The molecule has 1 rings (SSSR count). The van der Waals surface area contributed by atoms with Crippen molar-refractivity contribution in [1.82, 2.24) is 4.98 Å². The fraction of sp³-hybridized carbons (Fsp3) is 0.583. The average molecular weight is 350 g/mol. The fourth-order valence-electron chi connectivity index (χ4n) is 1.50. The molecule has 0 saturated heterocycles. The van der Waals surface area contributed by atoms with Gasteiger partial charge in [-0.1, -0.05) is 29.3 Å². The first-order valence-corrected chi connectivity index (χ1v) is 7.54. The number of aromatic nitrogens is 1. The Morgan fingerprint density at radius 1 is 1.31 bits per heavy atom. The zero-order chi connectivity index (χ0) is 12.0. The summed E-state index contributed by atoms with van der Waals surface area (Å²) in [5.41, 5.74) is 1.05. The van der Waals surface area contributed by atoms with Crippen molar-refractivity contribution in [1.29, 1.82) is 0 Å². The molecule has 0 aliphatic rings. The normalized spacial score (nSPS) is 10.5. The van der Waals surface area contributed by atoms with Gasteiger partial charge in [-0.25, -0.2) is 4.98 Å². The number of hydrogen-bond donors (Lipinski definition) is 0. The Morgan fingerprint density at radius 3 is 2.62 bits per heavy atom. The van der Waals surface area contributed by atoms with Crippen LogP contribution in [0.15, 0.2) is 16.6 Å². The summed E-state index contributed by atoms with van der Waals surface area (Å²) in [7, 11) is 0. The quantitative estimate of drug-likeness (QED) is 0.717. The molecular weight excluding hydrogens is 332 g/mol. The average Bonchev–Trinajstić information content (AvgIpc) is 2.28. The zero-order valence-corrected chi connectivity index (χ0v) is 13.0. The van der Waals surface area contributed by atoms with Crippen LogP contribution >= 0.6 is 31.9 Å². The van der Waals surface area contributed by atoms with Crippen molar-refractivity contribution in [3.8, 4) is 0 Å². The van der Waals surface area contributed by atoms with Crippen LogP contribution in [-0.2, 0) is 0 Å². The molecule has 0 aromatic carbocycles. The third-order valence-electron chi connectivity index (χ3n) is 2.47. The van der Waals surface area contributed by atoms with E-state index in [0.29, 0.717) is 0 Å². The number of aryl methyl sites for hydroxylation is 1. The van der Waals surface area contributed by atoms with Crippen LogP contribution in [0.2, 0.25) is 0 Å². The molecule has 1 aromatic heterocycles. The van der Waals surface area contributed by atoms with Crippen LogP contribution in [0.1, 0.15) is 25.5 Å². The van der Waals surface area contributed by atoms with Crippen molar-refractivity contribution < 1.29 is 0 Å². The lowest BCUT2D eigenvalue weighted by Gasteiger charge is -2.23. The fourth-order valence-corrected chi connectivity index (χ4v) is 2.15. The Balaban J connectivity index is 2.78. The van der Waals surface area contributed by atoms with Crippen LogP contribution < -0.4 is 4.90 Å². The third kappa shape index (κ3) is 4.06. The van der Waals surface area contributed by atoms with E-state index in [-0.39, 0.29) is 0 Å². The van der Waals surface area contributed by atoms with Gasteiger partial charge in [0.15, 0.2) is 0 Å². The molecule has 0 aliphatic heterocycles. The maximum Gasteiger partial charge on any atom is 0.128 e. The van der Waals surface area contributed by atoms with Gasteiger partial charge >= 0.3 is 0 Å². The summed E-state index contributed by atoms with van der Waals surface area (Å²) in [5, 5.41) is 0.980. The van der Waals surface area contributed by atoms with Gasteiger partial charge < -0.3 is 4.90 Å². The Kier molecular flexibility index (Phi) is 6.36. The van der Waals surface area contributed by atoms with Crippen LogP contribution in [0.25, 0.3) is 0 Å². The van der Waals surface area contributed by atoms with Crippen LogP contribution in [0, 0.1) is 6.92 Å². The number of hydrogen-bond acceptors (Lipinski definition) is 2. The van der Waals surface area contributed by atoms with E-state index in [4.69, 9.17) is 0 Å². The molecule has 0 bridgehead atoms. The van der Waals surface area contributed by atoms with Crippen molar-refractivity contribution in [3.63, 3.8) is 0 Å². The summed E-state index contributed by atoms with van der Waals surface area (Å²) in [4.78, 5) is 6.93. The standard InChI is InChI=1S/C12H18Br2N2/c1-3-4-8-16(9-7-13)12-6-5-11(14)10(2)15-12/h5-6H,3-4,7-9H2,1-2H3. The molecule has 90 valence electrons. The predicted octanol–water partition coefficient (Wildman–Crippen LogP) is 4.15. The van der Waals surface area contributed by atoms with Crippen LogP contribution in [0.5, 0.6) is 0 Å². The van der Waals surface area contributed by atoms with Gasteiger partial charge in [-0.05, 0) is 41.4 Å². The first-order chi connectivity index (χ1) is 7.69. The van der Waals surface area contributed by atoms with Crippen molar-refractivity contribution in [2.24, 2.45) is 0 Å². The number of unbranched alkanes of at least 4 members (excludes halogenated alkanes) is 1. The minimum atomic E-state index is 0.980. The molecule has 1 aromatic rings. The van der Waals surface area contributed by atoms with Gasteiger partial charge in [0.2, 0.25) is 0 Å². The summed E-state index contributed by atoms with van der Waals surface area (Å²) in [6, 6.07) is 4.15. The van der Waals surface area contributed by atoms with Gasteiger partial charge in [-0.15, -0.1) is 0 Å². The van der Waals surface area contributed by atoms with E-state index in [1.165, 1.54) is 12.8 Å². The summed E-state index contributed by atoms with van der Waals surface area (Å²) < 4.78 is 1.07. The van der Waals surface area contributed by atoms with Crippen molar-refractivity contribution in [3.05, 3.63) is 22.3 Å². The molecular formula is C12H18Br2N2. The number of halogens is 2. The van der Waals surface area contributed by atoms with E-state index >= 15 is 0 Å². The predicted molar refractivity (Wildman–Crippen MR) is 77.6 cm³/mol. The maximum atomic E-state index is 4.60. The number of pyridine rings is 1. The Labute approximate surface area is 115 Å². The molecule has 0 radical (unpaired) electrons. The molecule has 0 N–H and O–H groups in total. The molecule has 4 heteroatoms. The van der Waals surface area contributed by atoms with Crippen LogP contribution in [-0.4, -0.2) is 23.4 Å². The lowest BCUT2D eigenvalue weighted by molar-refractivity contribution is 0.726. The van der Waals surface area contributed by atoms with Gasteiger partial charge in [-0.2, -0.15) is 0 Å². The summed E-state index contributed by atoms with van der Waals surface area (Å²) in [6.45, 7) is 6.33. The second kappa shape index (κ2) is 7.28. The highest BCUT2D eigenvalue weighted by Gasteiger charge is 2.07. The van der Waals surface area contributed by atoms with E-state index in [9.17, 15) is 0 Å². The minimum Gasteiger partial charge on any atom is -0.356 e. The van der Waals surface area contributed by atoms with Gasteiger partial charge in [-0.3, -0.25) is 0 Å². The summed E-state index contributed by atoms with van der Waals surface area (Å²) in [5.74, 6) is 1.08. The monoisotopic (exact) mass is 348 g/mol. The number of nitrogens with zero attached hydrogens (tertiary/aromatic N) is 2. The highest BCUT2D eigenvalue weighted by molar-refractivity contribution is 9.10. The van der Waals surface area contributed by atoms with Gasteiger partial charge in [0.25, 0.3) is 0 Å². The lowest BCUT2D eigenvalue weighted by atomic mass is 10.3. The molecule has 16 heavy (non-hydrogen) atoms. The number of alkyl halides is 1. The van der Waals surface area contributed by atoms with Gasteiger partial charge in [0.05, 0.1) is 5.69 Å². The Morgan fingerprint density at radius 2 is 2.06 bits per heavy atom. The largest absolute Gasteiger partial charge is 0.356 e. The first-order valence-electron chi connectivity index (χ1n) is 5.63. The SMILES string of the molecule is CCCCN(CCBr)c1ccc(Br)c(C)n1. The minimum absolute atomic E-state index is 0.980. The molecule has 0 amide bonds. The topological polar surface area (TPSA) is 16.1 Å². The second-order valence-electron chi connectivity index (χ2n) is 3.77. The molecule has 1 heterocycles. The van der Waals surface area contributed by atoms with E-state index in [1.54, 1.807) is 0 Å². The van der Waals surface area contributed by atoms with Crippen molar-refractivity contribution in [2.45, 2.75) is 26.7 Å². The zero-order valence-electron chi connectivity index (χ0n) is 9.84. The highest BCUT2D eigenvalue weighted by atomic mass is 79.9. The van der Waals surface area contributed by atoms with Gasteiger partial charge in [0, 0.05) is 22.9 Å². The van der Waals surface area contributed by atoms with Crippen molar-refractivity contribution >= 4 is 37.7 Å². The highest BCUT2D eigenvalue weighted by Crippen LogP contribution is 2.19. The van der Waals surface area contributed by atoms with E-state index < -0.39 is 0 Å². The Bertz CT molecular complexity index is 329. The van der Waals surface area contributed by atoms with E-state index in [0.717, 1.165) is 34.4 Å². The summed E-state index contributed by atoms with van der Waals surface area (Å²) in [6.07, 6.45) is 2.43. The summed E-state index contributed by atoms with van der Waals surface area (Å²) >= 11 is 6.97.